The fourth-order valence-corrected chi connectivity index (χ4v) is 3.15. The van der Waals surface area contributed by atoms with Crippen molar-refractivity contribution in [2.24, 2.45) is 0 Å². The van der Waals surface area contributed by atoms with E-state index >= 15 is 0 Å². The first-order valence-electron chi connectivity index (χ1n) is 7.55. The Kier molecular flexibility index (Phi) is 3.53. The second-order valence-electron chi connectivity index (χ2n) is 5.66. The van der Waals surface area contributed by atoms with E-state index in [0.717, 1.165) is 23.5 Å². The third kappa shape index (κ3) is 2.70. The molecule has 0 bridgehead atoms. The summed E-state index contributed by atoms with van der Waals surface area (Å²) in [4.78, 5) is 10.1. The van der Waals surface area contributed by atoms with E-state index in [2.05, 4.69) is 46.6 Å². The molecular formula is C17H17N5S. The molecule has 4 aromatic heterocycles. The van der Waals surface area contributed by atoms with Crippen molar-refractivity contribution in [1.82, 2.24) is 24.0 Å². The van der Waals surface area contributed by atoms with Crippen LogP contribution in [0.5, 0.6) is 0 Å². The standard InChI is InChI=1S/C17H17N5S/c1-12(13-3-5-16-18-7-8-21(16)10-13)9-15-19-17-6-4-14(23-2)11-22(17)20-15/h3-8,10-12H,9H2,1-2H3. The largest absolute Gasteiger partial charge is 0.307 e. The molecule has 0 N–H and O–H groups in total. The van der Waals surface area contributed by atoms with E-state index in [1.807, 2.05) is 39.6 Å². The Morgan fingerprint density at radius 1 is 1.13 bits per heavy atom. The van der Waals surface area contributed by atoms with Gasteiger partial charge in [0, 0.05) is 36.1 Å². The first kappa shape index (κ1) is 14.3. The van der Waals surface area contributed by atoms with E-state index in [0.29, 0.717) is 5.92 Å². The van der Waals surface area contributed by atoms with E-state index in [-0.39, 0.29) is 0 Å². The first-order valence-corrected chi connectivity index (χ1v) is 8.77. The summed E-state index contributed by atoms with van der Waals surface area (Å²) in [6.07, 6.45) is 10.8. The molecule has 0 saturated carbocycles. The molecule has 23 heavy (non-hydrogen) atoms. The zero-order chi connectivity index (χ0) is 15.8. The minimum absolute atomic E-state index is 0.347. The van der Waals surface area contributed by atoms with Crippen LogP contribution in [0.25, 0.3) is 11.3 Å². The molecule has 0 amide bonds. The number of aromatic nitrogens is 5. The highest BCUT2D eigenvalue weighted by atomic mass is 32.2. The maximum Gasteiger partial charge on any atom is 0.155 e. The lowest BCUT2D eigenvalue weighted by atomic mass is 9.99. The predicted octanol–water partition coefficient (Wildman–Crippen LogP) is 3.45. The van der Waals surface area contributed by atoms with Crippen LogP contribution in [0.4, 0.5) is 0 Å². The Balaban J connectivity index is 1.61. The monoisotopic (exact) mass is 323 g/mol. The second kappa shape index (κ2) is 5.70. The van der Waals surface area contributed by atoms with Crippen LogP contribution in [-0.2, 0) is 6.42 Å². The molecule has 1 atom stereocenters. The molecule has 0 aliphatic carbocycles. The lowest BCUT2D eigenvalue weighted by Gasteiger charge is -2.09. The fourth-order valence-electron chi connectivity index (χ4n) is 2.74. The number of nitrogens with zero attached hydrogens (tertiary/aromatic N) is 5. The van der Waals surface area contributed by atoms with Gasteiger partial charge in [-0.2, -0.15) is 5.10 Å². The van der Waals surface area contributed by atoms with Crippen molar-refractivity contribution in [3.05, 3.63) is 60.4 Å². The molecule has 4 rings (SSSR count). The number of imidazole rings is 1. The van der Waals surface area contributed by atoms with Crippen LogP contribution >= 0.6 is 11.8 Å². The van der Waals surface area contributed by atoms with E-state index in [9.17, 15) is 0 Å². The van der Waals surface area contributed by atoms with Gasteiger partial charge in [-0.1, -0.05) is 13.0 Å². The lowest BCUT2D eigenvalue weighted by molar-refractivity contribution is 0.709. The van der Waals surface area contributed by atoms with Gasteiger partial charge >= 0.3 is 0 Å². The maximum atomic E-state index is 4.63. The summed E-state index contributed by atoms with van der Waals surface area (Å²) in [5.74, 6) is 1.22. The van der Waals surface area contributed by atoms with Gasteiger partial charge in [0.25, 0.3) is 0 Å². The second-order valence-corrected chi connectivity index (χ2v) is 6.54. The van der Waals surface area contributed by atoms with Gasteiger partial charge in [-0.15, -0.1) is 11.8 Å². The van der Waals surface area contributed by atoms with Gasteiger partial charge in [-0.05, 0) is 35.9 Å². The Hall–Kier alpha value is -2.34. The van der Waals surface area contributed by atoms with Crippen LogP contribution in [0, 0.1) is 0 Å². The van der Waals surface area contributed by atoms with E-state index < -0.39 is 0 Å². The van der Waals surface area contributed by atoms with E-state index in [1.165, 1.54) is 10.5 Å². The third-order valence-electron chi connectivity index (χ3n) is 4.05. The van der Waals surface area contributed by atoms with Crippen molar-refractivity contribution < 1.29 is 0 Å². The molecule has 5 nitrogen and oxygen atoms in total. The van der Waals surface area contributed by atoms with Crippen molar-refractivity contribution >= 4 is 23.1 Å². The Labute approximate surface area is 138 Å². The van der Waals surface area contributed by atoms with Crippen molar-refractivity contribution in [3.8, 4) is 0 Å². The topological polar surface area (TPSA) is 47.5 Å². The molecule has 4 heterocycles. The summed E-state index contributed by atoms with van der Waals surface area (Å²) in [5.41, 5.74) is 3.13. The Morgan fingerprint density at radius 2 is 2.00 bits per heavy atom. The van der Waals surface area contributed by atoms with Gasteiger partial charge in [0.1, 0.15) is 5.65 Å². The van der Waals surface area contributed by atoms with Gasteiger partial charge in [0.2, 0.25) is 0 Å². The zero-order valence-electron chi connectivity index (χ0n) is 13.0. The van der Waals surface area contributed by atoms with Crippen LogP contribution in [0.3, 0.4) is 0 Å². The van der Waals surface area contributed by atoms with Gasteiger partial charge in [-0.3, -0.25) is 0 Å². The SMILES string of the molecule is CSc1ccc2nc(CC(C)c3ccc4nccn4c3)nn2c1. The van der Waals surface area contributed by atoms with Crippen molar-refractivity contribution in [2.75, 3.05) is 6.26 Å². The normalized spacial score (nSPS) is 13.0. The minimum Gasteiger partial charge on any atom is -0.307 e. The van der Waals surface area contributed by atoms with E-state index in [1.54, 1.807) is 11.8 Å². The summed E-state index contributed by atoms with van der Waals surface area (Å²) in [5, 5.41) is 4.61. The van der Waals surface area contributed by atoms with Crippen LogP contribution < -0.4 is 0 Å². The average Bonchev–Trinajstić information content (AvgIpc) is 3.18. The summed E-state index contributed by atoms with van der Waals surface area (Å²) >= 11 is 1.71. The summed E-state index contributed by atoms with van der Waals surface area (Å²) in [6, 6.07) is 8.28. The number of hydrogen-bond acceptors (Lipinski definition) is 4. The number of fused-ring (bicyclic) bond motifs is 2. The lowest BCUT2D eigenvalue weighted by Crippen LogP contribution is -2.02. The fraction of sp³-hybridized carbons (Fsp3) is 0.235. The summed E-state index contributed by atoms with van der Waals surface area (Å²) in [6.45, 7) is 2.21. The molecule has 4 aromatic rings. The Morgan fingerprint density at radius 3 is 2.87 bits per heavy atom. The average molecular weight is 323 g/mol. The molecule has 0 spiro atoms. The van der Waals surface area contributed by atoms with Crippen LogP contribution in [0.15, 0.2) is 53.9 Å². The highest BCUT2D eigenvalue weighted by Gasteiger charge is 2.12. The molecular weight excluding hydrogens is 306 g/mol. The highest BCUT2D eigenvalue weighted by molar-refractivity contribution is 7.98. The quantitative estimate of drug-likeness (QED) is 0.540. The third-order valence-corrected chi connectivity index (χ3v) is 4.77. The van der Waals surface area contributed by atoms with E-state index in [4.69, 9.17) is 0 Å². The molecule has 0 fully saturated rings. The van der Waals surface area contributed by atoms with Gasteiger partial charge in [0.15, 0.2) is 11.5 Å². The smallest absolute Gasteiger partial charge is 0.155 e. The maximum absolute atomic E-state index is 4.63. The number of rotatable bonds is 4. The first-order chi connectivity index (χ1) is 11.2. The number of pyridine rings is 2. The van der Waals surface area contributed by atoms with Gasteiger partial charge < -0.3 is 4.40 Å². The molecule has 0 saturated heterocycles. The highest BCUT2D eigenvalue weighted by Crippen LogP contribution is 2.21. The van der Waals surface area contributed by atoms with Gasteiger partial charge in [-0.25, -0.2) is 14.5 Å². The van der Waals surface area contributed by atoms with Crippen LogP contribution in [0.2, 0.25) is 0 Å². The molecule has 0 radical (unpaired) electrons. The zero-order valence-corrected chi connectivity index (χ0v) is 13.9. The van der Waals surface area contributed by atoms with Crippen molar-refractivity contribution in [1.29, 1.82) is 0 Å². The summed E-state index contributed by atoms with van der Waals surface area (Å²) < 4.78 is 3.92. The molecule has 116 valence electrons. The Bertz CT molecular complexity index is 971. The molecule has 6 heteroatoms. The van der Waals surface area contributed by atoms with Crippen LogP contribution in [0.1, 0.15) is 24.2 Å². The minimum atomic E-state index is 0.347. The van der Waals surface area contributed by atoms with Crippen molar-refractivity contribution in [2.45, 2.75) is 24.2 Å². The summed E-state index contributed by atoms with van der Waals surface area (Å²) in [7, 11) is 0. The number of thioether (sulfide) groups is 1. The van der Waals surface area contributed by atoms with Gasteiger partial charge in [0.05, 0.1) is 0 Å². The van der Waals surface area contributed by atoms with Crippen molar-refractivity contribution in [3.63, 3.8) is 0 Å². The predicted molar refractivity (Wildman–Crippen MR) is 92.1 cm³/mol. The molecule has 0 aromatic carbocycles. The molecule has 0 aliphatic heterocycles. The molecule has 1 unspecified atom stereocenters. The van der Waals surface area contributed by atoms with Crippen LogP contribution in [-0.4, -0.2) is 30.2 Å². The number of hydrogen-bond donors (Lipinski definition) is 0. The molecule has 0 aliphatic rings.